The molecule has 3 atom stereocenters. The topological polar surface area (TPSA) is 135 Å². The van der Waals surface area contributed by atoms with Crippen LogP contribution in [0.5, 0.6) is 5.75 Å². The van der Waals surface area contributed by atoms with E-state index >= 15 is 0 Å². The van der Waals surface area contributed by atoms with Crippen LogP contribution >= 0.6 is 0 Å². The number of carboxylic acids is 1. The zero-order valence-corrected chi connectivity index (χ0v) is 22.8. The molecule has 0 amide bonds. The standard InChI is InChI=1S/C29H34N4O7/c1-18-15-21(39-14-11-33-9-12-38-13-10-33)6-7-23(18)32-29(19(2)37-3)25(28(35)36)26(34)24(40-29)16-20-17-31-27-22(20)5-4-8-30-27/h4-8,15-17,19,25,32H,9-14H2,1-3H3,(H,30,31)(H,35,36)/b24-16-. The Balaban J connectivity index is 1.40. The van der Waals surface area contributed by atoms with Crippen LogP contribution in [0.15, 0.2) is 48.5 Å². The molecule has 11 nitrogen and oxygen atoms in total. The second kappa shape index (κ2) is 11.7. The van der Waals surface area contributed by atoms with Gasteiger partial charge in [-0.1, -0.05) is 0 Å². The molecular weight excluding hydrogens is 516 g/mol. The zero-order valence-electron chi connectivity index (χ0n) is 22.8. The highest BCUT2D eigenvalue weighted by Gasteiger charge is 2.61. The molecule has 2 aliphatic heterocycles. The highest BCUT2D eigenvalue weighted by Crippen LogP contribution is 2.42. The summed E-state index contributed by atoms with van der Waals surface area (Å²) in [5.41, 5.74) is 1.00. The van der Waals surface area contributed by atoms with Gasteiger partial charge in [0.1, 0.15) is 24.1 Å². The fourth-order valence-corrected chi connectivity index (χ4v) is 5.15. The first-order chi connectivity index (χ1) is 19.3. The van der Waals surface area contributed by atoms with E-state index in [4.69, 9.17) is 18.9 Å². The lowest BCUT2D eigenvalue weighted by molar-refractivity contribution is -0.155. The van der Waals surface area contributed by atoms with Crippen molar-refractivity contribution in [3.05, 3.63) is 59.6 Å². The van der Waals surface area contributed by atoms with E-state index in [1.54, 1.807) is 37.5 Å². The van der Waals surface area contributed by atoms with Gasteiger partial charge in [0, 0.05) is 55.8 Å². The highest BCUT2D eigenvalue weighted by atomic mass is 16.6. The fourth-order valence-electron chi connectivity index (χ4n) is 5.15. The van der Waals surface area contributed by atoms with Crippen molar-refractivity contribution in [2.45, 2.75) is 25.7 Å². The Bertz CT molecular complexity index is 1410. The first kappa shape index (κ1) is 27.6. The van der Waals surface area contributed by atoms with E-state index in [9.17, 15) is 14.7 Å². The number of pyridine rings is 1. The van der Waals surface area contributed by atoms with E-state index in [2.05, 4.69) is 20.2 Å². The molecule has 3 N–H and O–H groups in total. The van der Waals surface area contributed by atoms with Gasteiger partial charge in [0.25, 0.3) is 0 Å². The van der Waals surface area contributed by atoms with E-state index in [0.717, 1.165) is 43.8 Å². The van der Waals surface area contributed by atoms with Gasteiger partial charge in [-0.15, -0.1) is 0 Å². The number of nitrogens with zero attached hydrogens (tertiary/aromatic N) is 2. The first-order valence-corrected chi connectivity index (χ1v) is 13.3. The maximum atomic E-state index is 13.5. The lowest BCUT2D eigenvalue weighted by atomic mass is 9.88. The summed E-state index contributed by atoms with van der Waals surface area (Å²) in [6, 6.07) is 9.12. The Morgan fingerprint density at radius 3 is 2.88 bits per heavy atom. The lowest BCUT2D eigenvalue weighted by Gasteiger charge is -2.37. The van der Waals surface area contributed by atoms with Crippen molar-refractivity contribution in [1.82, 2.24) is 14.9 Å². The third-order valence-corrected chi connectivity index (χ3v) is 7.49. The largest absolute Gasteiger partial charge is 0.492 e. The minimum absolute atomic E-state index is 0.0747. The number of carbonyl (C=O) groups excluding carboxylic acids is 1. The number of hydrogen-bond donors (Lipinski definition) is 3. The van der Waals surface area contributed by atoms with Gasteiger partial charge in [-0.2, -0.15) is 0 Å². The molecule has 0 aliphatic carbocycles. The van der Waals surface area contributed by atoms with Gasteiger partial charge in [-0.05, 0) is 55.8 Å². The van der Waals surface area contributed by atoms with Crippen LogP contribution < -0.4 is 10.1 Å². The maximum absolute atomic E-state index is 13.5. The third-order valence-electron chi connectivity index (χ3n) is 7.49. The number of methoxy groups -OCH3 is 1. The molecule has 3 unspecified atom stereocenters. The number of morpholine rings is 1. The predicted octanol–water partition coefficient (Wildman–Crippen LogP) is 3.07. The van der Waals surface area contributed by atoms with E-state index in [-0.39, 0.29) is 5.76 Å². The van der Waals surface area contributed by atoms with Crippen molar-refractivity contribution in [1.29, 1.82) is 0 Å². The summed E-state index contributed by atoms with van der Waals surface area (Å²) in [6.45, 7) is 8.14. The van der Waals surface area contributed by atoms with Gasteiger partial charge in [0.2, 0.25) is 11.5 Å². The van der Waals surface area contributed by atoms with Crippen LogP contribution in [0, 0.1) is 12.8 Å². The van der Waals surface area contributed by atoms with E-state index in [0.29, 0.717) is 29.3 Å². The first-order valence-electron chi connectivity index (χ1n) is 13.3. The second-order valence-electron chi connectivity index (χ2n) is 9.96. The number of carboxylic acid groups (broad SMARTS) is 1. The molecule has 212 valence electrons. The molecule has 1 aromatic carbocycles. The van der Waals surface area contributed by atoms with Crippen molar-refractivity contribution in [2.75, 3.05) is 51.9 Å². The number of aromatic amines is 1. The molecule has 0 radical (unpaired) electrons. The van der Waals surface area contributed by atoms with Crippen molar-refractivity contribution in [3.63, 3.8) is 0 Å². The van der Waals surface area contributed by atoms with Crippen molar-refractivity contribution >= 4 is 34.5 Å². The van der Waals surface area contributed by atoms with Gasteiger partial charge in [-0.25, -0.2) is 4.98 Å². The summed E-state index contributed by atoms with van der Waals surface area (Å²) in [4.78, 5) is 35.6. The lowest BCUT2D eigenvalue weighted by Crippen LogP contribution is -2.56. The summed E-state index contributed by atoms with van der Waals surface area (Å²) < 4.78 is 23.2. The van der Waals surface area contributed by atoms with Crippen LogP contribution in [-0.2, 0) is 23.8 Å². The molecular formula is C29H34N4O7. The average molecular weight is 551 g/mol. The SMILES string of the molecule is COC(C)C1(Nc2ccc(OCCN3CCOCC3)cc2C)O/C(=C\c2c[nH]c3ncccc23)C(=O)C1C(=O)O. The van der Waals surface area contributed by atoms with Gasteiger partial charge in [0.15, 0.2) is 11.7 Å². The molecule has 2 fully saturated rings. The number of allylic oxidation sites excluding steroid dienone is 1. The number of fused-ring (bicyclic) bond motifs is 1. The smallest absolute Gasteiger partial charge is 0.320 e. The fraction of sp³-hybridized carbons (Fsp3) is 0.414. The monoisotopic (exact) mass is 550 g/mol. The molecule has 40 heavy (non-hydrogen) atoms. The van der Waals surface area contributed by atoms with Crippen LogP contribution in [0.3, 0.4) is 0 Å². The van der Waals surface area contributed by atoms with Crippen LogP contribution in [0.1, 0.15) is 18.1 Å². The van der Waals surface area contributed by atoms with Crippen LogP contribution in [-0.4, -0.2) is 90.1 Å². The summed E-state index contributed by atoms with van der Waals surface area (Å²) >= 11 is 0. The molecule has 0 bridgehead atoms. The summed E-state index contributed by atoms with van der Waals surface area (Å²) in [5, 5.41) is 14.2. The summed E-state index contributed by atoms with van der Waals surface area (Å²) in [7, 11) is 1.45. The molecule has 3 aromatic rings. The van der Waals surface area contributed by atoms with E-state index in [1.807, 2.05) is 25.1 Å². The molecule has 4 heterocycles. The van der Waals surface area contributed by atoms with E-state index < -0.39 is 29.5 Å². The number of Topliss-reactive ketones (excluding diaryl/α,β-unsaturated/α-hetero) is 1. The van der Waals surface area contributed by atoms with Gasteiger partial charge in [-0.3, -0.25) is 14.5 Å². The van der Waals surface area contributed by atoms with Gasteiger partial charge in [0.05, 0.1) is 13.2 Å². The van der Waals surface area contributed by atoms with Crippen molar-refractivity contribution < 1.29 is 33.6 Å². The molecule has 2 aliphatic rings. The summed E-state index contributed by atoms with van der Waals surface area (Å²) in [6.07, 6.45) is 4.09. The number of ether oxygens (including phenoxy) is 4. The summed E-state index contributed by atoms with van der Waals surface area (Å²) in [5.74, 6) is -2.90. The maximum Gasteiger partial charge on any atom is 0.320 e. The number of rotatable bonds is 10. The van der Waals surface area contributed by atoms with Gasteiger partial charge >= 0.3 is 5.97 Å². The Labute approximate surface area is 232 Å². The van der Waals surface area contributed by atoms with Gasteiger partial charge < -0.3 is 34.4 Å². The Hall–Kier alpha value is -3.93. The van der Waals surface area contributed by atoms with Crippen LogP contribution in [0.25, 0.3) is 17.1 Å². The molecule has 0 saturated carbocycles. The number of aryl methyl sites for hydroxylation is 1. The van der Waals surface area contributed by atoms with Crippen molar-refractivity contribution in [3.8, 4) is 5.75 Å². The Morgan fingerprint density at radius 2 is 2.15 bits per heavy atom. The second-order valence-corrected chi connectivity index (χ2v) is 9.96. The molecule has 5 rings (SSSR count). The molecule has 2 aromatic heterocycles. The van der Waals surface area contributed by atoms with Crippen LogP contribution in [0.4, 0.5) is 5.69 Å². The number of aromatic nitrogens is 2. The predicted molar refractivity (Wildman–Crippen MR) is 148 cm³/mol. The number of aliphatic carboxylic acids is 1. The molecule has 2 saturated heterocycles. The van der Waals surface area contributed by atoms with Crippen molar-refractivity contribution in [2.24, 2.45) is 5.92 Å². The number of nitrogens with one attached hydrogen (secondary N) is 2. The minimum atomic E-state index is -1.70. The quantitative estimate of drug-likeness (QED) is 0.255. The normalized spacial score (nSPS) is 23.3. The molecule has 11 heteroatoms. The molecule has 0 spiro atoms. The zero-order chi connectivity index (χ0) is 28.3. The Morgan fingerprint density at radius 1 is 1.35 bits per heavy atom. The Kier molecular flexibility index (Phi) is 8.06. The number of benzene rings is 1. The number of H-pyrrole nitrogens is 1. The average Bonchev–Trinajstić information content (AvgIpc) is 3.49. The number of carbonyl (C=O) groups is 2. The van der Waals surface area contributed by atoms with E-state index in [1.165, 1.54) is 7.11 Å². The minimum Gasteiger partial charge on any atom is -0.492 e. The number of anilines is 1. The number of ketones is 1. The van der Waals surface area contributed by atoms with Crippen LogP contribution in [0.2, 0.25) is 0 Å². The third kappa shape index (κ3) is 5.40. The highest BCUT2D eigenvalue weighted by molar-refractivity contribution is 6.12. The number of hydrogen-bond acceptors (Lipinski definition) is 9.